The van der Waals surface area contributed by atoms with Crippen LogP contribution in [0.4, 0.5) is 0 Å². The van der Waals surface area contributed by atoms with E-state index in [4.69, 9.17) is 13.6 Å². The third kappa shape index (κ3) is 22.3. The molecule has 5 heteroatoms. The summed E-state index contributed by atoms with van der Waals surface area (Å²) in [6.45, 7) is 14.9. The highest BCUT2D eigenvalue weighted by Gasteiger charge is 2.27. The van der Waals surface area contributed by atoms with Crippen LogP contribution in [-0.2, 0) is 18.1 Å². The lowest BCUT2D eigenvalue weighted by Crippen LogP contribution is -2.11. The SMILES string of the molecule is CCCCC(CC)COP(=O)(OCCCCCCCC(C)C)OCCCCCCCC(C)C. The van der Waals surface area contributed by atoms with Crippen molar-refractivity contribution in [1.29, 1.82) is 0 Å². The molecular weight excluding hydrogens is 431 g/mol. The maximum Gasteiger partial charge on any atom is 0.474 e. The van der Waals surface area contributed by atoms with Gasteiger partial charge < -0.3 is 0 Å². The number of rotatable bonds is 25. The third-order valence-electron chi connectivity index (χ3n) is 6.36. The van der Waals surface area contributed by atoms with E-state index in [0.717, 1.165) is 50.4 Å². The minimum Gasteiger partial charge on any atom is -0.287 e. The number of phosphoric acid groups is 1. The Morgan fingerprint density at radius 1 is 0.576 bits per heavy atom. The fraction of sp³-hybridized carbons (Fsp3) is 1.00. The quantitative estimate of drug-likeness (QED) is 0.0943. The summed E-state index contributed by atoms with van der Waals surface area (Å²) < 4.78 is 30.6. The van der Waals surface area contributed by atoms with Gasteiger partial charge >= 0.3 is 7.82 Å². The molecule has 0 spiro atoms. The molecule has 0 radical (unpaired) electrons. The van der Waals surface area contributed by atoms with Crippen molar-refractivity contribution in [2.24, 2.45) is 17.8 Å². The highest BCUT2D eigenvalue weighted by Crippen LogP contribution is 2.50. The predicted octanol–water partition coefficient (Wildman–Crippen LogP) is 10.4. The second kappa shape index (κ2) is 22.6. The molecule has 0 aliphatic carbocycles. The molecule has 0 aliphatic rings. The Balaban J connectivity index is 4.29. The summed E-state index contributed by atoms with van der Waals surface area (Å²) >= 11 is 0. The largest absolute Gasteiger partial charge is 0.474 e. The molecule has 0 amide bonds. The van der Waals surface area contributed by atoms with Crippen LogP contribution in [0.5, 0.6) is 0 Å². The maximum absolute atomic E-state index is 13.3. The van der Waals surface area contributed by atoms with Crippen molar-refractivity contribution in [1.82, 2.24) is 0 Å². The van der Waals surface area contributed by atoms with Crippen molar-refractivity contribution >= 4 is 7.82 Å². The topological polar surface area (TPSA) is 44.8 Å². The summed E-state index contributed by atoms with van der Waals surface area (Å²) in [5, 5.41) is 0. The zero-order chi connectivity index (χ0) is 24.8. The van der Waals surface area contributed by atoms with Crippen LogP contribution < -0.4 is 0 Å². The van der Waals surface area contributed by atoms with Crippen LogP contribution in [-0.4, -0.2) is 19.8 Å². The van der Waals surface area contributed by atoms with E-state index in [1.54, 1.807) is 0 Å². The van der Waals surface area contributed by atoms with E-state index >= 15 is 0 Å². The molecule has 1 unspecified atom stereocenters. The normalized spacial score (nSPS) is 13.3. The Labute approximate surface area is 207 Å². The van der Waals surface area contributed by atoms with Crippen LogP contribution in [0.2, 0.25) is 0 Å². The molecule has 0 saturated carbocycles. The molecule has 1 atom stereocenters. The molecule has 0 fully saturated rings. The summed E-state index contributed by atoms with van der Waals surface area (Å²) in [6, 6.07) is 0. The van der Waals surface area contributed by atoms with Crippen LogP contribution in [0.15, 0.2) is 0 Å². The Hall–Kier alpha value is 0.110. The second-order valence-corrected chi connectivity index (χ2v) is 12.4. The van der Waals surface area contributed by atoms with Crippen LogP contribution in [0, 0.1) is 17.8 Å². The highest BCUT2D eigenvalue weighted by atomic mass is 31.2. The Morgan fingerprint density at radius 2 is 1.03 bits per heavy atom. The lowest BCUT2D eigenvalue weighted by molar-refractivity contribution is 0.0946. The number of phosphoric ester groups is 1. The second-order valence-electron chi connectivity index (χ2n) is 10.7. The molecule has 4 nitrogen and oxygen atoms in total. The smallest absolute Gasteiger partial charge is 0.287 e. The van der Waals surface area contributed by atoms with Crippen LogP contribution >= 0.6 is 7.82 Å². The molecule has 0 heterocycles. The van der Waals surface area contributed by atoms with Gasteiger partial charge in [-0.15, -0.1) is 0 Å². The molecule has 0 N–H and O–H groups in total. The van der Waals surface area contributed by atoms with E-state index in [2.05, 4.69) is 41.5 Å². The van der Waals surface area contributed by atoms with Gasteiger partial charge in [0.05, 0.1) is 19.8 Å². The first-order valence-electron chi connectivity index (χ1n) is 14.4. The first-order chi connectivity index (χ1) is 15.8. The highest BCUT2D eigenvalue weighted by molar-refractivity contribution is 7.48. The van der Waals surface area contributed by atoms with Gasteiger partial charge in [-0.25, -0.2) is 4.57 Å². The lowest BCUT2D eigenvalue weighted by Gasteiger charge is -2.21. The van der Waals surface area contributed by atoms with E-state index in [0.29, 0.717) is 25.7 Å². The van der Waals surface area contributed by atoms with Gasteiger partial charge in [0.2, 0.25) is 0 Å². The maximum atomic E-state index is 13.3. The molecule has 0 aromatic rings. The van der Waals surface area contributed by atoms with E-state index < -0.39 is 7.82 Å². The summed E-state index contributed by atoms with van der Waals surface area (Å²) in [6.07, 6.45) is 18.8. The number of hydrogen-bond donors (Lipinski definition) is 0. The van der Waals surface area contributed by atoms with Gasteiger partial charge in [-0.3, -0.25) is 13.6 Å². The van der Waals surface area contributed by atoms with Gasteiger partial charge in [0.1, 0.15) is 0 Å². The van der Waals surface area contributed by atoms with Gasteiger partial charge in [0.15, 0.2) is 0 Å². The van der Waals surface area contributed by atoms with Crippen molar-refractivity contribution in [3.63, 3.8) is 0 Å². The van der Waals surface area contributed by atoms with Crippen LogP contribution in [0.3, 0.4) is 0 Å². The van der Waals surface area contributed by atoms with E-state index in [9.17, 15) is 4.57 Å². The third-order valence-corrected chi connectivity index (χ3v) is 7.82. The van der Waals surface area contributed by atoms with Gasteiger partial charge in [0.25, 0.3) is 0 Å². The Morgan fingerprint density at radius 3 is 1.45 bits per heavy atom. The van der Waals surface area contributed by atoms with Crippen LogP contribution in [0.1, 0.15) is 144 Å². The van der Waals surface area contributed by atoms with Gasteiger partial charge in [-0.05, 0) is 37.0 Å². The van der Waals surface area contributed by atoms with Crippen molar-refractivity contribution in [2.75, 3.05) is 19.8 Å². The van der Waals surface area contributed by atoms with Gasteiger partial charge in [-0.1, -0.05) is 125 Å². The summed E-state index contributed by atoms with van der Waals surface area (Å²) in [5.41, 5.74) is 0. The van der Waals surface area contributed by atoms with Crippen LogP contribution in [0.25, 0.3) is 0 Å². The first-order valence-corrected chi connectivity index (χ1v) is 15.8. The summed E-state index contributed by atoms with van der Waals surface area (Å²) in [5.74, 6) is 2.00. The van der Waals surface area contributed by atoms with Crippen molar-refractivity contribution in [3.05, 3.63) is 0 Å². The predicted molar refractivity (Wildman–Crippen MR) is 144 cm³/mol. The zero-order valence-corrected chi connectivity index (χ0v) is 24.1. The number of hydrogen-bond acceptors (Lipinski definition) is 4. The van der Waals surface area contributed by atoms with E-state index in [-0.39, 0.29) is 0 Å². The molecule has 0 aromatic heterocycles. The summed E-state index contributed by atoms with van der Waals surface area (Å²) in [4.78, 5) is 0. The van der Waals surface area contributed by atoms with Crippen molar-refractivity contribution < 1.29 is 18.1 Å². The first kappa shape index (κ1) is 33.1. The van der Waals surface area contributed by atoms with E-state index in [1.165, 1.54) is 64.2 Å². The van der Waals surface area contributed by atoms with E-state index in [1.807, 2.05) is 0 Å². The molecule has 33 heavy (non-hydrogen) atoms. The molecule has 0 rings (SSSR count). The fourth-order valence-corrected chi connectivity index (χ4v) is 5.25. The average Bonchev–Trinajstić information content (AvgIpc) is 2.77. The molecular formula is C28H59O4P. The monoisotopic (exact) mass is 490 g/mol. The van der Waals surface area contributed by atoms with Crippen molar-refractivity contribution in [3.8, 4) is 0 Å². The van der Waals surface area contributed by atoms with Gasteiger partial charge in [0, 0.05) is 0 Å². The standard InChI is InChI=1S/C28H59O4P/c1-7-9-22-28(8-2)25-32-33(29,30-23-18-14-10-12-16-20-26(3)4)31-24-19-15-11-13-17-21-27(5)6/h26-28H,7-25H2,1-6H3. The minimum absolute atomic E-state index is 0.424. The zero-order valence-electron chi connectivity index (χ0n) is 23.2. The molecule has 0 saturated heterocycles. The molecule has 0 aliphatic heterocycles. The van der Waals surface area contributed by atoms with Crippen molar-refractivity contribution in [2.45, 2.75) is 144 Å². The molecule has 200 valence electrons. The minimum atomic E-state index is -3.47. The molecule has 0 aromatic carbocycles. The Kier molecular flexibility index (Phi) is 22.6. The number of unbranched alkanes of at least 4 members (excludes halogenated alkanes) is 9. The summed E-state index contributed by atoms with van der Waals surface area (Å²) in [7, 11) is -3.47. The lowest BCUT2D eigenvalue weighted by atomic mass is 10.0. The Bertz CT molecular complexity index is 425. The molecule has 0 bridgehead atoms. The average molecular weight is 491 g/mol. The fourth-order valence-electron chi connectivity index (χ4n) is 3.93. The van der Waals surface area contributed by atoms with Gasteiger partial charge in [-0.2, -0.15) is 0 Å².